The molecule has 6 heteroatoms. The number of benzene rings is 1. The van der Waals surface area contributed by atoms with E-state index in [2.05, 4.69) is 5.92 Å². The van der Waals surface area contributed by atoms with Crippen LogP contribution in [0, 0.1) is 17.8 Å². The van der Waals surface area contributed by atoms with E-state index >= 15 is 0 Å². The second kappa shape index (κ2) is 7.66. The van der Waals surface area contributed by atoms with E-state index < -0.39 is 17.6 Å². The molecule has 2 rings (SSSR count). The Morgan fingerprint density at radius 3 is 2.76 bits per heavy atom. The summed E-state index contributed by atoms with van der Waals surface area (Å²) in [4.78, 5) is 13.6. The van der Waals surface area contributed by atoms with Crippen molar-refractivity contribution in [2.75, 3.05) is 33.9 Å². The molecule has 1 amide bonds. The summed E-state index contributed by atoms with van der Waals surface area (Å²) < 4.78 is 15.7. The van der Waals surface area contributed by atoms with Crippen molar-refractivity contribution in [1.29, 1.82) is 0 Å². The van der Waals surface area contributed by atoms with E-state index in [1.807, 2.05) is 25.1 Å². The predicted octanol–water partition coefficient (Wildman–Crippen LogP) is 2.26. The quantitative estimate of drug-likeness (QED) is 0.828. The van der Waals surface area contributed by atoms with E-state index in [1.54, 1.807) is 18.9 Å². The van der Waals surface area contributed by atoms with Crippen molar-refractivity contribution < 1.29 is 24.1 Å². The number of nitrogens with zero attached hydrogens (tertiary/aromatic N) is 1. The van der Waals surface area contributed by atoms with Gasteiger partial charge in [0.1, 0.15) is 6.61 Å². The lowest BCUT2D eigenvalue weighted by Gasteiger charge is -2.33. The maximum atomic E-state index is 12.0. The number of aliphatic hydroxyl groups is 1. The molecule has 0 radical (unpaired) electrons. The molecule has 0 unspecified atom stereocenters. The summed E-state index contributed by atoms with van der Waals surface area (Å²) in [5.74, 6) is 3.48. The number of rotatable bonds is 5. The van der Waals surface area contributed by atoms with E-state index in [1.165, 1.54) is 7.11 Å². The maximum Gasteiger partial charge on any atom is 0.409 e. The first kappa shape index (κ1) is 18.9. The van der Waals surface area contributed by atoms with Gasteiger partial charge in [-0.2, -0.15) is 0 Å². The van der Waals surface area contributed by atoms with Gasteiger partial charge in [0.15, 0.2) is 11.5 Å². The topological polar surface area (TPSA) is 68.2 Å². The minimum absolute atomic E-state index is 0.0781. The molecule has 3 atom stereocenters. The number of hydrogen-bond donors (Lipinski definition) is 1. The van der Waals surface area contributed by atoms with Crippen LogP contribution in [0.3, 0.4) is 0 Å². The summed E-state index contributed by atoms with van der Waals surface area (Å²) in [5, 5.41) is 10.4. The number of methoxy groups -OCH3 is 2. The molecule has 6 nitrogen and oxygen atoms in total. The lowest BCUT2D eigenvalue weighted by molar-refractivity contribution is 0.0470. The van der Waals surface area contributed by atoms with Gasteiger partial charge in [-0.1, -0.05) is 18.9 Å². The SMILES string of the molecule is C#CCOc1cc([C@H]2CN(C(=O)OC)C[C@]2(C)[C@@H](C)O)ccc1OC. The average Bonchev–Trinajstić information content (AvgIpc) is 2.98. The minimum Gasteiger partial charge on any atom is -0.493 e. The third-order valence-electron chi connectivity index (χ3n) is 5.02. The van der Waals surface area contributed by atoms with Crippen molar-refractivity contribution in [3.8, 4) is 23.8 Å². The average molecular weight is 347 g/mol. The van der Waals surface area contributed by atoms with Crippen molar-refractivity contribution in [3.05, 3.63) is 23.8 Å². The Morgan fingerprint density at radius 1 is 1.48 bits per heavy atom. The van der Waals surface area contributed by atoms with E-state index in [-0.39, 0.29) is 12.5 Å². The molecule has 25 heavy (non-hydrogen) atoms. The lowest BCUT2D eigenvalue weighted by atomic mass is 9.72. The predicted molar refractivity (Wildman–Crippen MR) is 93.8 cm³/mol. The van der Waals surface area contributed by atoms with E-state index in [4.69, 9.17) is 20.6 Å². The van der Waals surface area contributed by atoms with Crippen molar-refractivity contribution in [2.45, 2.75) is 25.9 Å². The van der Waals surface area contributed by atoms with Crippen LogP contribution in [0.15, 0.2) is 18.2 Å². The number of carbonyl (C=O) groups is 1. The number of carbonyl (C=O) groups excluding carboxylic acids is 1. The van der Waals surface area contributed by atoms with Crippen LogP contribution in [0.1, 0.15) is 25.3 Å². The van der Waals surface area contributed by atoms with Gasteiger partial charge in [-0.3, -0.25) is 0 Å². The molecule has 136 valence electrons. The van der Waals surface area contributed by atoms with Gasteiger partial charge in [0.25, 0.3) is 0 Å². The second-order valence-corrected chi connectivity index (χ2v) is 6.49. The number of likely N-dealkylation sites (tertiary alicyclic amines) is 1. The van der Waals surface area contributed by atoms with Crippen LogP contribution in [0.4, 0.5) is 4.79 Å². The van der Waals surface area contributed by atoms with Crippen molar-refractivity contribution in [3.63, 3.8) is 0 Å². The number of terminal acetylenes is 1. The van der Waals surface area contributed by atoms with Crippen LogP contribution in [-0.4, -0.2) is 56.1 Å². The van der Waals surface area contributed by atoms with Gasteiger partial charge in [-0.05, 0) is 24.6 Å². The molecular formula is C19H25NO5. The fourth-order valence-corrected chi connectivity index (χ4v) is 3.33. The van der Waals surface area contributed by atoms with Crippen LogP contribution in [0.5, 0.6) is 11.5 Å². The summed E-state index contributed by atoms with van der Waals surface area (Å²) in [6.07, 6.45) is 4.27. The van der Waals surface area contributed by atoms with Gasteiger partial charge >= 0.3 is 6.09 Å². The van der Waals surface area contributed by atoms with E-state index in [9.17, 15) is 9.90 Å². The van der Waals surface area contributed by atoms with Crippen molar-refractivity contribution in [2.24, 2.45) is 5.41 Å². The summed E-state index contributed by atoms with van der Waals surface area (Å²) in [7, 11) is 2.92. The van der Waals surface area contributed by atoms with Gasteiger partial charge in [0, 0.05) is 24.4 Å². The zero-order valence-electron chi connectivity index (χ0n) is 15.1. The maximum absolute atomic E-state index is 12.0. The Bertz CT molecular complexity index is 666. The minimum atomic E-state index is -0.607. The molecule has 0 spiro atoms. The van der Waals surface area contributed by atoms with Gasteiger partial charge in [0.05, 0.1) is 20.3 Å². The van der Waals surface area contributed by atoms with E-state index in [0.29, 0.717) is 24.6 Å². The standard InChI is InChI=1S/C19H25NO5/c1-6-9-25-17-10-14(7-8-16(17)23-4)15-11-20(18(22)24-5)12-19(15,3)13(2)21/h1,7-8,10,13,15,21H,9,11-12H2,2-5H3/t13-,15-,19-/m1/s1. The number of amides is 1. The Kier molecular flexibility index (Phi) is 5.81. The summed E-state index contributed by atoms with van der Waals surface area (Å²) in [5.41, 5.74) is 0.439. The summed E-state index contributed by atoms with van der Waals surface area (Å²) >= 11 is 0. The van der Waals surface area contributed by atoms with Crippen LogP contribution < -0.4 is 9.47 Å². The first-order chi connectivity index (χ1) is 11.9. The fraction of sp³-hybridized carbons (Fsp3) is 0.526. The summed E-state index contributed by atoms with van der Waals surface area (Å²) in [6.45, 7) is 4.71. The molecule has 1 aliphatic heterocycles. The molecule has 0 bridgehead atoms. The Hall–Kier alpha value is -2.39. The number of hydrogen-bond acceptors (Lipinski definition) is 5. The fourth-order valence-electron chi connectivity index (χ4n) is 3.33. The van der Waals surface area contributed by atoms with Gasteiger partial charge in [-0.15, -0.1) is 6.42 Å². The molecule has 1 heterocycles. The smallest absolute Gasteiger partial charge is 0.409 e. The van der Waals surface area contributed by atoms with Crippen LogP contribution in [0.2, 0.25) is 0 Å². The monoisotopic (exact) mass is 347 g/mol. The Balaban J connectivity index is 2.40. The molecule has 1 aliphatic rings. The van der Waals surface area contributed by atoms with E-state index in [0.717, 1.165) is 5.56 Å². The van der Waals surface area contributed by atoms with Crippen LogP contribution in [0.25, 0.3) is 0 Å². The molecular weight excluding hydrogens is 322 g/mol. The largest absolute Gasteiger partial charge is 0.493 e. The molecule has 0 aliphatic carbocycles. The van der Waals surface area contributed by atoms with Gasteiger partial charge in [-0.25, -0.2) is 4.79 Å². The lowest BCUT2D eigenvalue weighted by Crippen LogP contribution is -2.38. The highest BCUT2D eigenvalue weighted by atomic mass is 16.5. The molecule has 1 fully saturated rings. The Labute approximate surface area is 148 Å². The van der Waals surface area contributed by atoms with Crippen molar-refractivity contribution >= 4 is 6.09 Å². The molecule has 0 aromatic heterocycles. The third kappa shape index (κ3) is 3.67. The molecule has 1 aromatic rings. The number of aliphatic hydroxyl groups excluding tert-OH is 1. The Morgan fingerprint density at radius 2 is 2.20 bits per heavy atom. The first-order valence-electron chi connectivity index (χ1n) is 8.12. The molecule has 1 aromatic carbocycles. The molecule has 1 N–H and O–H groups in total. The second-order valence-electron chi connectivity index (χ2n) is 6.49. The van der Waals surface area contributed by atoms with Crippen molar-refractivity contribution in [1.82, 2.24) is 4.90 Å². The normalized spacial score (nSPS) is 23.7. The van der Waals surface area contributed by atoms with Gasteiger partial charge in [0.2, 0.25) is 0 Å². The highest BCUT2D eigenvalue weighted by molar-refractivity contribution is 5.68. The third-order valence-corrected chi connectivity index (χ3v) is 5.02. The van der Waals surface area contributed by atoms with Crippen LogP contribution in [-0.2, 0) is 4.74 Å². The molecule has 0 saturated carbocycles. The molecule has 1 saturated heterocycles. The zero-order valence-corrected chi connectivity index (χ0v) is 15.1. The zero-order chi connectivity index (χ0) is 18.6. The number of ether oxygens (including phenoxy) is 3. The van der Waals surface area contributed by atoms with Crippen LogP contribution >= 0.6 is 0 Å². The highest BCUT2D eigenvalue weighted by Gasteiger charge is 2.48. The first-order valence-corrected chi connectivity index (χ1v) is 8.12. The highest BCUT2D eigenvalue weighted by Crippen LogP contribution is 2.46. The van der Waals surface area contributed by atoms with Gasteiger partial charge < -0.3 is 24.2 Å². The summed E-state index contributed by atoms with van der Waals surface area (Å²) in [6, 6.07) is 5.60.